The summed E-state index contributed by atoms with van der Waals surface area (Å²) in [5.74, 6) is -0.203. The minimum atomic E-state index is -0.203. The lowest BCUT2D eigenvalue weighted by atomic mass is 10.0. The summed E-state index contributed by atoms with van der Waals surface area (Å²) in [4.78, 5) is 0.969. The van der Waals surface area contributed by atoms with Crippen molar-refractivity contribution in [2.75, 3.05) is 6.54 Å². The van der Waals surface area contributed by atoms with Gasteiger partial charge >= 0.3 is 0 Å². The van der Waals surface area contributed by atoms with Gasteiger partial charge < -0.3 is 5.32 Å². The zero-order valence-corrected chi connectivity index (χ0v) is 10.6. The lowest BCUT2D eigenvalue weighted by molar-refractivity contribution is 0.561. The summed E-state index contributed by atoms with van der Waals surface area (Å²) in [6.45, 7) is 4.65. The smallest absolute Gasteiger partial charge is 0.128 e. The Morgan fingerprint density at radius 3 is 2.76 bits per heavy atom. The third-order valence-electron chi connectivity index (χ3n) is 2.57. The number of hydrogen-bond donors (Lipinski definition) is 1. The van der Waals surface area contributed by atoms with E-state index in [1.807, 2.05) is 19.9 Å². The van der Waals surface area contributed by atoms with E-state index in [0.717, 1.165) is 17.1 Å². The molecule has 0 bridgehead atoms. The summed E-state index contributed by atoms with van der Waals surface area (Å²) in [5, 5.41) is 7.25. The van der Waals surface area contributed by atoms with Crippen molar-refractivity contribution in [3.05, 3.63) is 46.2 Å². The fraction of sp³-hybridized carbons (Fsp3) is 0.333. The summed E-state index contributed by atoms with van der Waals surface area (Å²) in [6, 6.07) is 6.64. The molecule has 5 heteroatoms. The van der Waals surface area contributed by atoms with Crippen LogP contribution in [0.15, 0.2) is 24.3 Å². The number of nitrogens with one attached hydrogen (secondary N) is 1. The molecule has 1 N–H and O–H groups in total. The maximum atomic E-state index is 13.8. The van der Waals surface area contributed by atoms with Crippen LogP contribution >= 0.6 is 11.5 Å². The second-order valence-electron chi connectivity index (χ2n) is 3.73. The molecule has 0 aliphatic heterocycles. The van der Waals surface area contributed by atoms with Gasteiger partial charge in [-0.2, -0.15) is 0 Å². The SMILES string of the molecule is CCNC(c1ccccc1F)c1snnc1C. The molecule has 2 aromatic rings. The summed E-state index contributed by atoms with van der Waals surface area (Å²) < 4.78 is 17.7. The van der Waals surface area contributed by atoms with Crippen molar-refractivity contribution in [3.63, 3.8) is 0 Å². The molecule has 0 fully saturated rings. The van der Waals surface area contributed by atoms with Crippen molar-refractivity contribution in [1.29, 1.82) is 0 Å². The van der Waals surface area contributed by atoms with Crippen molar-refractivity contribution >= 4 is 11.5 Å². The molecule has 3 nitrogen and oxygen atoms in total. The molecule has 0 radical (unpaired) electrons. The Labute approximate surface area is 104 Å². The minimum absolute atomic E-state index is 0.166. The van der Waals surface area contributed by atoms with Gasteiger partial charge in [0, 0.05) is 5.56 Å². The van der Waals surface area contributed by atoms with E-state index in [1.54, 1.807) is 12.1 Å². The van der Waals surface area contributed by atoms with Crippen LogP contribution in [-0.4, -0.2) is 16.1 Å². The van der Waals surface area contributed by atoms with E-state index < -0.39 is 0 Å². The van der Waals surface area contributed by atoms with Crippen molar-refractivity contribution in [1.82, 2.24) is 14.9 Å². The lowest BCUT2D eigenvalue weighted by Crippen LogP contribution is -2.22. The molecule has 0 spiro atoms. The molecule has 0 saturated heterocycles. The maximum absolute atomic E-state index is 13.8. The first-order valence-electron chi connectivity index (χ1n) is 5.50. The Hall–Kier alpha value is -1.33. The second kappa shape index (κ2) is 5.33. The number of benzene rings is 1. The van der Waals surface area contributed by atoms with Crippen LogP contribution in [0.5, 0.6) is 0 Å². The third-order valence-corrected chi connectivity index (χ3v) is 3.46. The summed E-state index contributed by atoms with van der Waals surface area (Å²) in [5.41, 5.74) is 1.49. The Morgan fingerprint density at radius 1 is 1.41 bits per heavy atom. The van der Waals surface area contributed by atoms with Gasteiger partial charge in [-0.25, -0.2) is 4.39 Å². The van der Waals surface area contributed by atoms with Crippen LogP contribution in [0.3, 0.4) is 0 Å². The molecular formula is C12H14FN3S. The van der Waals surface area contributed by atoms with Crippen LogP contribution in [0.25, 0.3) is 0 Å². The molecule has 2 rings (SSSR count). The summed E-state index contributed by atoms with van der Waals surface area (Å²) in [6.07, 6.45) is 0. The van der Waals surface area contributed by atoms with Crippen LogP contribution in [0.4, 0.5) is 4.39 Å². The van der Waals surface area contributed by atoms with E-state index in [1.165, 1.54) is 17.6 Å². The predicted molar refractivity (Wildman–Crippen MR) is 66.6 cm³/mol. The first-order valence-corrected chi connectivity index (χ1v) is 6.28. The first-order chi connectivity index (χ1) is 8.24. The van der Waals surface area contributed by atoms with Gasteiger partial charge in [-0.15, -0.1) is 5.10 Å². The monoisotopic (exact) mass is 251 g/mol. The van der Waals surface area contributed by atoms with E-state index in [4.69, 9.17) is 0 Å². The van der Waals surface area contributed by atoms with E-state index >= 15 is 0 Å². The number of hydrogen-bond acceptors (Lipinski definition) is 4. The molecule has 1 unspecified atom stereocenters. The second-order valence-corrected chi connectivity index (χ2v) is 4.52. The molecule has 0 amide bonds. The molecule has 90 valence electrons. The van der Waals surface area contributed by atoms with E-state index in [2.05, 4.69) is 14.9 Å². The van der Waals surface area contributed by atoms with Gasteiger partial charge in [0.25, 0.3) is 0 Å². The van der Waals surface area contributed by atoms with Gasteiger partial charge in [-0.3, -0.25) is 0 Å². The molecule has 1 heterocycles. The number of aryl methyl sites for hydroxylation is 1. The van der Waals surface area contributed by atoms with Crippen LogP contribution in [0.1, 0.15) is 29.1 Å². The number of halogens is 1. The quantitative estimate of drug-likeness (QED) is 0.908. The molecule has 1 atom stereocenters. The Morgan fingerprint density at radius 2 is 2.18 bits per heavy atom. The van der Waals surface area contributed by atoms with E-state index in [9.17, 15) is 4.39 Å². The van der Waals surface area contributed by atoms with Crippen molar-refractivity contribution in [3.8, 4) is 0 Å². The largest absolute Gasteiger partial charge is 0.306 e. The Balaban J connectivity index is 2.43. The molecule has 1 aromatic heterocycles. The fourth-order valence-electron chi connectivity index (χ4n) is 1.76. The van der Waals surface area contributed by atoms with Gasteiger partial charge in [-0.05, 0) is 31.1 Å². The average Bonchev–Trinajstić information content (AvgIpc) is 2.74. The third kappa shape index (κ3) is 2.50. The molecule has 17 heavy (non-hydrogen) atoms. The Kier molecular flexibility index (Phi) is 3.81. The number of aromatic nitrogens is 2. The summed E-state index contributed by atoms with van der Waals surface area (Å²) >= 11 is 1.31. The standard InChI is InChI=1S/C12H14FN3S/c1-3-14-11(12-8(2)15-16-17-12)9-6-4-5-7-10(9)13/h4-7,11,14H,3H2,1-2H3. The predicted octanol–water partition coefficient (Wildman–Crippen LogP) is 2.68. The van der Waals surface area contributed by atoms with Gasteiger partial charge in [0.2, 0.25) is 0 Å². The van der Waals surface area contributed by atoms with Gasteiger partial charge in [0.1, 0.15) is 5.82 Å². The van der Waals surface area contributed by atoms with Crippen molar-refractivity contribution in [2.24, 2.45) is 0 Å². The first kappa shape index (κ1) is 12.1. The number of nitrogens with zero attached hydrogens (tertiary/aromatic N) is 2. The van der Waals surface area contributed by atoms with Crippen LogP contribution in [0, 0.1) is 12.7 Å². The molecular weight excluding hydrogens is 237 g/mol. The highest BCUT2D eigenvalue weighted by molar-refractivity contribution is 7.05. The molecule has 1 aromatic carbocycles. The number of rotatable bonds is 4. The zero-order chi connectivity index (χ0) is 12.3. The highest BCUT2D eigenvalue weighted by Gasteiger charge is 2.20. The van der Waals surface area contributed by atoms with Crippen molar-refractivity contribution in [2.45, 2.75) is 19.9 Å². The zero-order valence-electron chi connectivity index (χ0n) is 9.77. The average molecular weight is 251 g/mol. The van der Waals surface area contributed by atoms with E-state index in [0.29, 0.717) is 5.56 Å². The highest BCUT2D eigenvalue weighted by atomic mass is 32.1. The maximum Gasteiger partial charge on any atom is 0.128 e. The lowest BCUT2D eigenvalue weighted by Gasteiger charge is -2.17. The fourth-order valence-corrected chi connectivity index (χ4v) is 2.50. The van der Waals surface area contributed by atoms with Gasteiger partial charge in [0.15, 0.2) is 0 Å². The minimum Gasteiger partial charge on any atom is -0.306 e. The van der Waals surface area contributed by atoms with Gasteiger partial charge in [-0.1, -0.05) is 29.6 Å². The highest BCUT2D eigenvalue weighted by Crippen LogP contribution is 2.28. The summed E-state index contributed by atoms with van der Waals surface area (Å²) in [7, 11) is 0. The molecule has 0 aliphatic carbocycles. The molecule has 0 aliphatic rings. The van der Waals surface area contributed by atoms with Crippen molar-refractivity contribution < 1.29 is 4.39 Å². The topological polar surface area (TPSA) is 37.8 Å². The van der Waals surface area contributed by atoms with Crippen LogP contribution < -0.4 is 5.32 Å². The van der Waals surface area contributed by atoms with E-state index in [-0.39, 0.29) is 11.9 Å². The Bertz CT molecular complexity index is 498. The van der Waals surface area contributed by atoms with Crippen LogP contribution in [0.2, 0.25) is 0 Å². The normalized spacial score (nSPS) is 12.6. The van der Waals surface area contributed by atoms with Crippen LogP contribution in [-0.2, 0) is 0 Å². The molecule has 0 saturated carbocycles. The van der Waals surface area contributed by atoms with Gasteiger partial charge in [0.05, 0.1) is 16.6 Å².